The lowest BCUT2D eigenvalue weighted by atomic mass is 10.1. The number of nitrogens with one attached hydrogen (secondary N) is 2. The van der Waals surface area contributed by atoms with Crippen LogP contribution in [-0.4, -0.2) is 49.6 Å². The van der Waals surface area contributed by atoms with E-state index in [0.29, 0.717) is 35.2 Å². The fraction of sp³-hybridized carbons (Fsp3) is 0.389. The topological polar surface area (TPSA) is 94.6 Å². The van der Waals surface area contributed by atoms with Crippen molar-refractivity contribution in [1.29, 1.82) is 0 Å². The van der Waals surface area contributed by atoms with Crippen LogP contribution in [0.25, 0.3) is 0 Å². The number of hydrogen-bond donors (Lipinski definition) is 2. The van der Waals surface area contributed by atoms with E-state index in [0.717, 1.165) is 19.4 Å². The second kappa shape index (κ2) is 8.48. The number of ether oxygens (including phenoxy) is 3. The number of carbonyl (C=O) groups is 1. The van der Waals surface area contributed by atoms with Gasteiger partial charge >= 0.3 is 0 Å². The molecule has 1 atom stereocenters. The Hall–Kier alpha value is -2.87. The van der Waals surface area contributed by atoms with Crippen molar-refractivity contribution in [3.8, 4) is 11.5 Å². The Balaban J connectivity index is 1.64. The van der Waals surface area contributed by atoms with E-state index in [1.165, 1.54) is 14.2 Å². The third-order valence-electron chi connectivity index (χ3n) is 4.10. The Labute approximate surface area is 151 Å². The molecule has 1 unspecified atom stereocenters. The van der Waals surface area contributed by atoms with Crippen LogP contribution in [0, 0.1) is 0 Å². The first-order valence-corrected chi connectivity index (χ1v) is 8.43. The van der Waals surface area contributed by atoms with Gasteiger partial charge in [0.1, 0.15) is 22.9 Å². The van der Waals surface area contributed by atoms with Gasteiger partial charge in [-0.1, -0.05) is 6.07 Å². The quantitative estimate of drug-likeness (QED) is 0.784. The lowest BCUT2D eigenvalue weighted by Gasteiger charge is -2.13. The third kappa shape index (κ3) is 4.20. The maximum absolute atomic E-state index is 12.6. The molecule has 0 saturated carbocycles. The van der Waals surface area contributed by atoms with Gasteiger partial charge < -0.3 is 24.8 Å². The van der Waals surface area contributed by atoms with E-state index in [1.807, 2.05) is 0 Å². The summed E-state index contributed by atoms with van der Waals surface area (Å²) in [6.45, 7) is 1.51. The summed E-state index contributed by atoms with van der Waals surface area (Å²) in [7, 11) is 3.00. The highest BCUT2D eigenvalue weighted by Gasteiger charge is 2.19. The highest BCUT2D eigenvalue weighted by molar-refractivity contribution is 6.07. The molecule has 1 aromatic carbocycles. The molecule has 1 aromatic heterocycles. The molecular formula is C18H22N4O4. The average Bonchev–Trinajstić information content (AvgIpc) is 3.20. The van der Waals surface area contributed by atoms with Crippen molar-refractivity contribution in [2.75, 3.05) is 38.0 Å². The van der Waals surface area contributed by atoms with Gasteiger partial charge in [0.05, 0.1) is 20.3 Å². The van der Waals surface area contributed by atoms with Crippen molar-refractivity contribution in [2.45, 2.75) is 18.9 Å². The second-order valence-electron chi connectivity index (χ2n) is 5.81. The lowest BCUT2D eigenvalue weighted by Crippen LogP contribution is -2.19. The molecule has 0 radical (unpaired) electrons. The zero-order chi connectivity index (χ0) is 18.4. The molecule has 8 nitrogen and oxygen atoms in total. The van der Waals surface area contributed by atoms with Gasteiger partial charge in [0.15, 0.2) is 5.82 Å². The van der Waals surface area contributed by atoms with Crippen molar-refractivity contribution < 1.29 is 19.0 Å². The summed E-state index contributed by atoms with van der Waals surface area (Å²) < 4.78 is 16.0. The molecular weight excluding hydrogens is 336 g/mol. The van der Waals surface area contributed by atoms with E-state index in [9.17, 15) is 4.79 Å². The normalized spacial score (nSPS) is 16.2. The van der Waals surface area contributed by atoms with Crippen molar-refractivity contribution in [3.05, 3.63) is 35.9 Å². The number of rotatable bonds is 7. The summed E-state index contributed by atoms with van der Waals surface area (Å²) in [6, 6.07) is 8.59. The number of carbonyl (C=O) groups excluding carboxylic acids is 1. The summed E-state index contributed by atoms with van der Waals surface area (Å²) in [6.07, 6.45) is 2.36. The Morgan fingerprint density at radius 3 is 2.42 bits per heavy atom. The lowest BCUT2D eigenvalue weighted by molar-refractivity contribution is 0.102. The minimum atomic E-state index is -0.381. The zero-order valence-electron chi connectivity index (χ0n) is 14.8. The number of benzene rings is 1. The molecule has 3 rings (SSSR count). The Morgan fingerprint density at radius 2 is 1.85 bits per heavy atom. The van der Waals surface area contributed by atoms with Crippen LogP contribution in [0.3, 0.4) is 0 Å². The molecule has 8 heteroatoms. The standard InChI is InChI=1S/C18H22N4O4/c1-24-13-6-3-7-14(25-2)17(13)18(23)20-16-9-8-15(21-22-16)19-11-12-5-4-10-26-12/h3,6-9,12H,4-5,10-11H2,1-2H3,(H,19,21)(H,20,22,23). The highest BCUT2D eigenvalue weighted by Crippen LogP contribution is 2.28. The summed E-state index contributed by atoms with van der Waals surface area (Å²) in [4.78, 5) is 12.6. The largest absolute Gasteiger partial charge is 0.496 e. The summed E-state index contributed by atoms with van der Waals surface area (Å²) in [5, 5.41) is 14.0. The first-order chi connectivity index (χ1) is 12.7. The Morgan fingerprint density at radius 1 is 1.15 bits per heavy atom. The fourth-order valence-electron chi connectivity index (χ4n) is 2.77. The maximum Gasteiger partial charge on any atom is 0.264 e. The van der Waals surface area contributed by atoms with E-state index in [4.69, 9.17) is 14.2 Å². The van der Waals surface area contributed by atoms with Gasteiger partial charge in [0.25, 0.3) is 5.91 Å². The van der Waals surface area contributed by atoms with E-state index in [2.05, 4.69) is 20.8 Å². The molecule has 138 valence electrons. The molecule has 0 bridgehead atoms. The number of nitrogens with zero attached hydrogens (tertiary/aromatic N) is 2. The maximum atomic E-state index is 12.6. The molecule has 2 aromatic rings. The molecule has 2 N–H and O–H groups in total. The van der Waals surface area contributed by atoms with Crippen LogP contribution >= 0.6 is 0 Å². The van der Waals surface area contributed by atoms with Crippen LogP contribution < -0.4 is 20.1 Å². The smallest absolute Gasteiger partial charge is 0.264 e. The molecule has 1 amide bonds. The molecule has 1 saturated heterocycles. The van der Waals surface area contributed by atoms with E-state index in [-0.39, 0.29) is 12.0 Å². The minimum Gasteiger partial charge on any atom is -0.496 e. The van der Waals surface area contributed by atoms with Crippen LogP contribution in [0.1, 0.15) is 23.2 Å². The monoisotopic (exact) mass is 358 g/mol. The van der Waals surface area contributed by atoms with Gasteiger partial charge in [-0.2, -0.15) is 0 Å². The molecule has 26 heavy (non-hydrogen) atoms. The van der Waals surface area contributed by atoms with Crippen LogP contribution in [0.4, 0.5) is 11.6 Å². The van der Waals surface area contributed by atoms with Crippen LogP contribution in [0.2, 0.25) is 0 Å². The van der Waals surface area contributed by atoms with Crippen LogP contribution in [0.5, 0.6) is 11.5 Å². The van der Waals surface area contributed by atoms with Gasteiger partial charge in [-0.15, -0.1) is 10.2 Å². The molecule has 1 fully saturated rings. The number of methoxy groups -OCH3 is 2. The van der Waals surface area contributed by atoms with E-state index < -0.39 is 0 Å². The average molecular weight is 358 g/mol. The number of aromatic nitrogens is 2. The van der Waals surface area contributed by atoms with Gasteiger partial charge in [-0.05, 0) is 37.1 Å². The predicted octanol–water partition coefficient (Wildman–Crippen LogP) is 2.34. The van der Waals surface area contributed by atoms with Crippen LogP contribution in [-0.2, 0) is 4.74 Å². The summed E-state index contributed by atoms with van der Waals surface area (Å²) in [5.74, 6) is 1.43. The molecule has 0 aliphatic carbocycles. The SMILES string of the molecule is COc1cccc(OC)c1C(=O)Nc1ccc(NCC2CCCO2)nn1. The number of amides is 1. The highest BCUT2D eigenvalue weighted by atomic mass is 16.5. The van der Waals surface area contributed by atoms with Crippen LogP contribution in [0.15, 0.2) is 30.3 Å². The van der Waals surface area contributed by atoms with Gasteiger partial charge in [0, 0.05) is 13.2 Å². The number of anilines is 2. The van der Waals surface area contributed by atoms with Gasteiger partial charge in [-0.3, -0.25) is 4.79 Å². The first-order valence-electron chi connectivity index (χ1n) is 8.43. The van der Waals surface area contributed by atoms with Crippen molar-refractivity contribution in [3.63, 3.8) is 0 Å². The first kappa shape index (κ1) is 17.9. The molecule has 1 aliphatic heterocycles. The second-order valence-corrected chi connectivity index (χ2v) is 5.81. The Kier molecular flexibility index (Phi) is 5.85. The molecule has 0 spiro atoms. The third-order valence-corrected chi connectivity index (χ3v) is 4.10. The molecule has 1 aliphatic rings. The van der Waals surface area contributed by atoms with Crippen molar-refractivity contribution in [1.82, 2.24) is 10.2 Å². The predicted molar refractivity (Wildman–Crippen MR) is 97.0 cm³/mol. The molecule has 2 heterocycles. The Bertz CT molecular complexity index is 723. The van der Waals surface area contributed by atoms with E-state index >= 15 is 0 Å². The number of hydrogen-bond acceptors (Lipinski definition) is 7. The van der Waals surface area contributed by atoms with E-state index in [1.54, 1.807) is 30.3 Å². The van der Waals surface area contributed by atoms with Crippen molar-refractivity contribution in [2.24, 2.45) is 0 Å². The summed E-state index contributed by atoms with van der Waals surface area (Å²) in [5.41, 5.74) is 0.305. The van der Waals surface area contributed by atoms with Gasteiger partial charge in [0.2, 0.25) is 0 Å². The summed E-state index contributed by atoms with van der Waals surface area (Å²) >= 11 is 0. The van der Waals surface area contributed by atoms with Gasteiger partial charge in [-0.25, -0.2) is 0 Å². The zero-order valence-corrected chi connectivity index (χ0v) is 14.8. The van der Waals surface area contributed by atoms with Crippen molar-refractivity contribution >= 4 is 17.5 Å². The minimum absolute atomic E-state index is 0.217. The fourth-order valence-corrected chi connectivity index (χ4v) is 2.77.